The van der Waals surface area contributed by atoms with Crippen LogP contribution >= 0.6 is 0 Å². The van der Waals surface area contributed by atoms with Crippen LogP contribution in [0.3, 0.4) is 0 Å². The maximum atomic E-state index is 12.3. The second-order valence-electron chi connectivity index (χ2n) is 5.19. The van der Waals surface area contributed by atoms with Crippen LogP contribution in [0, 0.1) is 5.92 Å². The highest BCUT2D eigenvalue weighted by Gasteiger charge is 2.17. The van der Waals surface area contributed by atoms with E-state index in [-0.39, 0.29) is 24.5 Å². The molecule has 0 aliphatic carbocycles. The van der Waals surface area contributed by atoms with E-state index < -0.39 is 0 Å². The molecule has 0 bridgehead atoms. The van der Waals surface area contributed by atoms with Gasteiger partial charge in [0.25, 0.3) is 5.91 Å². The zero-order chi connectivity index (χ0) is 15.2. The standard InChI is InChI=1S/C15H20N4O2/c1-11(2)13(5-9-20)18-15(21)14-10-12(4-7-16-14)19-8-3-6-17-19/h3-4,6-8,10-11,13,20H,5,9H2,1-2H3,(H,18,21). The van der Waals surface area contributed by atoms with Gasteiger partial charge in [0.05, 0.1) is 5.69 Å². The maximum Gasteiger partial charge on any atom is 0.270 e. The summed E-state index contributed by atoms with van der Waals surface area (Å²) in [5.41, 5.74) is 1.12. The van der Waals surface area contributed by atoms with E-state index in [1.807, 2.05) is 19.9 Å². The molecule has 2 rings (SSSR count). The van der Waals surface area contributed by atoms with Crippen molar-refractivity contribution < 1.29 is 9.90 Å². The van der Waals surface area contributed by atoms with E-state index >= 15 is 0 Å². The van der Waals surface area contributed by atoms with Gasteiger partial charge < -0.3 is 10.4 Å². The van der Waals surface area contributed by atoms with E-state index in [1.54, 1.807) is 35.4 Å². The molecule has 2 aromatic rings. The first-order chi connectivity index (χ1) is 10.1. The molecule has 21 heavy (non-hydrogen) atoms. The highest BCUT2D eigenvalue weighted by Crippen LogP contribution is 2.10. The minimum Gasteiger partial charge on any atom is -0.396 e. The molecule has 0 aliphatic heterocycles. The third-order valence-electron chi connectivity index (χ3n) is 3.31. The average molecular weight is 288 g/mol. The van der Waals surface area contributed by atoms with Crippen LogP contribution in [0.5, 0.6) is 0 Å². The molecule has 0 aromatic carbocycles. The Morgan fingerprint density at radius 2 is 2.24 bits per heavy atom. The van der Waals surface area contributed by atoms with Crippen molar-refractivity contribution in [2.45, 2.75) is 26.3 Å². The Kier molecular flexibility index (Phi) is 5.05. The van der Waals surface area contributed by atoms with Gasteiger partial charge in [0.2, 0.25) is 0 Å². The number of amides is 1. The fraction of sp³-hybridized carbons (Fsp3) is 0.400. The van der Waals surface area contributed by atoms with E-state index in [0.29, 0.717) is 12.1 Å². The lowest BCUT2D eigenvalue weighted by atomic mass is 10.0. The summed E-state index contributed by atoms with van der Waals surface area (Å²) in [7, 11) is 0. The summed E-state index contributed by atoms with van der Waals surface area (Å²) in [5, 5.41) is 16.1. The average Bonchev–Trinajstić information content (AvgIpc) is 3.01. The molecule has 2 aromatic heterocycles. The first kappa shape index (κ1) is 15.2. The Balaban J connectivity index is 2.14. The highest BCUT2D eigenvalue weighted by atomic mass is 16.3. The van der Waals surface area contributed by atoms with E-state index in [2.05, 4.69) is 15.4 Å². The second kappa shape index (κ2) is 6.99. The molecule has 2 N–H and O–H groups in total. The fourth-order valence-electron chi connectivity index (χ4n) is 2.06. The van der Waals surface area contributed by atoms with Crippen LogP contribution in [0.15, 0.2) is 36.8 Å². The number of pyridine rings is 1. The largest absolute Gasteiger partial charge is 0.396 e. The predicted octanol–water partition coefficient (Wildman–Crippen LogP) is 1.40. The van der Waals surface area contributed by atoms with Gasteiger partial charge in [0.1, 0.15) is 5.69 Å². The molecule has 0 radical (unpaired) electrons. The number of nitrogens with zero attached hydrogens (tertiary/aromatic N) is 3. The summed E-state index contributed by atoms with van der Waals surface area (Å²) in [6.07, 6.45) is 5.60. The Morgan fingerprint density at radius 1 is 1.43 bits per heavy atom. The summed E-state index contributed by atoms with van der Waals surface area (Å²) in [6.45, 7) is 4.06. The third kappa shape index (κ3) is 3.88. The first-order valence-corrected chi connectivity index (χ1v) is 6.99. The van der Waals surface area contributed by atoms with Crippen LogP contribution in [0.4, 0.5) is 0 Å². The van der Waals surface area contributed by atoms with Gasteiger partial charge in [-0.15, -0.1) is 0 Å². The molecule has 1 unspecified atom stereocenters. The number of aliphatic hydroxyl groups excluding tert-OH is 1. The minimum atomic E-state index is -0.240. The van der Waals surface area contributed by atoms with Crippen molar-refractivity contribution in [1.82, 2.24) is 20.1 Å². The number of aliphatic hydroxyl groups is 1. The van der Waals surface area contributed by atoms with E-state index in [0.717, 1.165) is 5.69 Å². The topological polar surface area (TPSA) is 80.0 Å². The second-order valence-corrected chi connectivity index (χ2v) is 5.19. The van der Waals surface area contributed by atoms with Crippen molar-refractivity contribution in [2.24, 2.45) is 5.92 Å². The number of aromatic nitrogens is 3. The zero-order valence-electron chi connectivity index (χ0n) is 12.2. The summed E-state index contributed by atoms with van der Waals surface area (Å²) in [4.78, 5) is 16.4. The van der Waals surface area contributed by atoms with Crippen molar-refractivity contribution in [3.05, 3.63) is 42.5 Å². The van der Waals surface area contributed by atoms with Crippen molar-refractivity contribution >= 4 is 5.91 Å². The van der Waals surface area contributed by atoms with E-state index in [4.69, 9.17) is 5.11 Å². The molecule has 112 valence electrons. The molecule has 0 saturated carbocycles. The van der Waals surface area contributed by atoms with Crippen LogP contribution in [0.25, 0.3) is 5.69 Å². The molecule has 6 heteroatoms. The van der Waals surface area contributed by atoms with Crippen LogP contribution < -0.4 is 5.32 Å². The zero-order valence-corrected chi connectivity index (χ0v) is 12.2. The molecule has 0 spiro atoms. The molecule has 1 atom stereocenters. The molecule has 0 aliphatic rings. The lowest BCUT2D eigenvalue weighted by molar-refractivity contribution is 0.0911. The normalized spacial score (nSPS) is 12.4. The highest BCUT2D eigenvalue weighted by molar-refractivity contribution is 5.92. The fourth-order valence-corrected chi connectivity index (χ4v) is 2.06. The Hall–Kier alpha value is -2.21. The Bertz CT molecular complexity index is 581. The number of hydrogen-bond donors (Lipinski definition) is 2. The number of hydrogen-bond acceptors (Lipinski definition) is 4. The summed E-state index contributed by atoms with van der Waals surface area (Å²) < 4.78 is 1.67. The van der Waals surface area contributed by atoms with Gasteiger partial charge in [0, 0.05) is 31.2 Å². The van der Waals surface area contributed by atoms with Crippen molar-refractivity contribution in [3.63, 3.8) is 0 Å². The predicted molar refractivity (Wildman–Crippen MR) is 79.2 cm³/mol. The van der Waals surface area contributed by atoms with Crippen LogP contribution in [-0.4, -0.2) is 38.4 Å². The Morgan fingerprint density at radius 3 is 2.86 bits per heavy atom. The van der Waals surface area contributed by atoms with Gasteiger partial charge >= 0.3 is 0 Å². The minimum absolute atomic E-state index is 0.0455. The van der Waals surface area contributed by atoms with Crippen molar-refractivity contribution in [3.8, 4) is 5.69 Å². The van der Waals surface area contributed by atoms with Gasteiger partial charge in [-0.3, -0.25) is 9.78 Å². The molecular formula is C15H20N4O2. The molecule has 1 amide bonds. The smallest absolute Gasteiger partial charge is 0.270 e. The lowest BCUT2D eigenvalue weighted by Gasteiger charge is -2.21. The first-order valence-electron chi connectivity index (χ1n) is 6.99. The summed E-state index contributed by atoms with van der Waals surface area (Å²) in [5.74, 6) is 0.00607. The summed E-state index contributed by atoms with van der Waals surface area (Å²) >= 11 is 0. The summed E-state index contributed by atoms with van der Waals surface area (Å²) in [6, 6.07) is 5.23. The van der Waals surface area contributed by atoms with Crippen LogP contribution in [0.1, 0.15) is 30.8 Å². The number of carbonyl (C=O) groups is 1. The van der Waals surface area contributed by atoms with Crippen molar-refractivity contribution in [1.29, 1.82) is 0 Å². The van der Waals surface area contributed by atoms with Gasteiger partial charge in [0.15, 0.2) is 0 Å². The lowest BCUT2D eigenvalue weighted by Crippen LogP contribution is -2.39. The molecule has 2 heterocycles. The van der Waals surface area contributed by atoms with Gasteiger partial charge in [-0.2, -0.15) is 5.10 Å². The van der Waals surface area contributed by atoms with Crippen LogP contribution in [-0.2, 0) is 0 Å². The number of carbonyl (C=O) groups excluding carboxylic acids is 1. The molecule has 0 fully saturated rings. The SMILES string of the molecule is CC(C)C(CCO)NC(=O)c1cc(-n2cccn2)ccn1. The van der Waals surface area contributed by atoms with Gasteiger partial charge in [-0.25, -0.2) is 4.68 Å². The molecular weight excluding hydrogens is 268 g/mol. The third-order valence-corrected chi connectivity index (χ3v) is 3.31. The van der Waals surface area contributed by atoms with Crippen LogP contribution in [0.2, 0.25) is 0 Å². The quantitative estimate of drug-likeness (QED) is 0.842. The molecule has 0 saturated heterocycles. The number of rotatable bonds is 6. The monoisotopic (exact) mass is 288 g/mol. The van der Waals surface area contributed by atoms with Gasteiger partial charge in [-0.1, -0.05) is 13.8 Å². The van der Waals surface area contributed by atoms with E-state index in [9.17, 15) is 4.79 Å². The maximum absolute atomic E-state index is 12.3. The Labute approximate surface area is 123 Å². The van der Waals surface area contributed by atoms with Crippen molar-refractivity contribution in [2.75, 3.05) is 6.61 Å². The van der Waals surface area contributed by atoms with Gasteiger partial charge in [-0.05, 0) is 30.5 Å². The van der Waals surface area contributed by atoms with E-state index in [1.165, 1.54) is 0 Å². The molecule has 6 nitrogen and oxygen atoms in total. The number of nitrogens with one attached hydrogen (secondary N) is 1.